The molecule has 1 aromatic heterocycles. The molecule has 3 rings (SSSR count). The second-order valence-electron chi connectivity index (χ2n) is 7.32. The normalized spacial score (nSPS) is 16.6. The standard InChI is InChI=1S/C21H27N3O6S/c1-29-19-6-4-17(5-7-19)14-30-20-8-11-23(12-9-20)31(27,28)15-21(24(26)16-25)18-3-2-10-22-13-18/h2-7,10,13,16,20-21,26H,8-9,11-12,14-15H2,1H3. The zero-order valence-corrected chi connectivity index (χ0v) is 18.1. The van der Waals surface area contributed by atoms with Crippen LogP contribution in [0.4, 0.5) is 0 Å². The van der Waals surface area contributed by atoms with E-state index in [0.717, 1.165) is 11.3 Å². The number of methoxy groups -OCH3 is 1. The van der Waals surface area contributed by atoms with Crippen molar-refractivity contribution in [1.29, 1.82) is 0 Å². The molecule has 1 unspecified atom stereocenters. The number of hydrogen-bond acceptors (Lipinski definition) is 7. The number of rotatable bonds is 10. The third-order valence-corrected chi connectivity index (χ3v) is 7.19. The largest absolute Gasteiger partial charge is 0.497 e. The van der Waals surface area contributed by atoms with Gasteiger partial charge in [-0.25, -0.2) is 17.8 Å². The highest BCUT2D eigenvalue weighted by molar-refractivity contribution is 7.89. The van der Waals surface area contributed by atoms with Gasteiger partial charge in [-0.2, -0.15) is 0 Å². The van der Waals surface area contributed by atoms with E-state index in [1.165, 1.54) is 16.7 Å². The van der Waals surface area contributed by atoms with Gasteiger partial charge < -0.3 is 9.47 Å². The summed E-state index contributed by atoms with van der Waals surface area (Å²) in [6, 6.07) is 9.83. The van der Waals surface area contributed by atoms with Gasteiger partial charge in [-0.3, -0.25) is 15.0 Å². The minimum Gasteiger partial charge on any atom is -0.497 e. The van der Waals surface area contributed by atoms with Crippen molar-refractivity contribution in [1.82, 2.24) is 14.4 Å². The second kappa shape index (κ2) is 10.7. The highest BCUT2D eigenvalue weighted by Gasteiger charge is 2.33. The van der Waals surface area contributed by atoms with E-state index in [1.807, 2.05) is 24.3 Å². The molecule has 0 spiro atoms. The van der Waals surface area contributed by atoms with Crippen LogP contribution in [0.15, 0.2) is 48.8 Å². The predicted molar refractivity (Wildman–Crippen MR) is 113 cm³/mol. The summed E-state index contributed by atoms with van der Waals surface area (Å²) in [6.07, 6.45) is 4.28. The highest BCUT2D eigenvalue weighted by atomic mass is 32.2. The summed E-state index contributed by atoms with van der Waals surface area (Å²) in [5.41, 5.74) is 1.46. The van der Waals surface area contributed by atoms with Crippen molar-refractivity contribution in [2.45, 2.75) is 31.6 Å². The van der Waals surface area contributed by atoms with Crippen molar-refractivity contribution in [3.63, 3.8) is 0 Å². The van der Waals surface area contributed by atoms with E-state index in [1.54, 1.807) is 19.2 Å². The summed E-state index contributed by atoms with van der Waals surface area (Å²) in [5.74, 6) is 0.355. The Bertz CT molecular complexity index is 931. The number of amides is 1. The van der Waals surface area contributed by atoms with Gasteiger partial charge >= 0.3 is 0 Å². The van der Waals surface area contributed by atoms with Crippen LogP contribution in [0.3, 0.4) is 0 Å². The van der Waals surface area contributed by atoms with Crippen molar-refractivity contribution >= 4 is 16.4 Å². The van der Waals surface area contributed by atoms with E-state index in [-0.39, 0.29) is 12.5 Å². The van der Waals surface area contributed by atoms with Crippen LogP contribution in [0.1, 0.15) is 30.0 Å². The maximum Gasteiger partial charge on any atom is 0.233 e. The third kappa shape index (κ3) is 6.23. The molecule has 1 aliphatic heterocycles. The highest BCUT2D eigenvalue weighted by Crippen LogP contribution is 2.24. The monoisotopic (exact) mass is 449 g/mol. The van der Waals surface area contributed by atoms with Gasteiger partial charge in [0, 0.05) is 25.5 Å². The van der Waals surface area contributed by atoms with E-state index in [0.29, 0.717) is 43.2 Å². The molecular weight excluding hydrogens is 422 g/mol. The molecule has 9 nitrogen and oxygen atoms in total. The topological polar surface area (TPSA) is 109 Å². The molecule has 1 saturated heterocycles. The summed E-state index contributed by atoms with van der Waals surface area (Å²) in [7, 11) is -2.09. The minimum atomic E-state index is -3.71. The molecule has 2 aromatic rings. The van der Waals surface area contributed by atoms with Crippen LogP contribution in [0.25, 0.3) is 0 Å². The quantitative estimate of drug-likeness (QED) is 0.336. The lowest BCUT2D eigenvalue weighted by atomic mass is 10.1. The molecule has 0 aliphatic carbocycles. The number of piperidine rings is 1. The number of hydrogen-bond donors (Lipinski definition) is 1. The Morgan fingerprint density at radius 2 is 1.97 bits per heavy atom. The Balaban J connectivity index is 1.55. The molecule has 0 radical (unpaired) electrons. The number of carbonyl (C=O) groups excluding carboxylic acids is 1. The number of sulfonamides is 1. The second-order valence-corrected chi connectivity index (χ2v) is 9.34. The first-order chi connectivity index (χ1) is 14.9. The van der Waals surface area contributed by atoms with Gasteiger partial charge in [0.1, 0.15) is 11.8 Å². The number of ether oxygens (including phenoxy) is 2. The number of carbonyl (C=O) groups is 1. The lowest BCUT2D eigenvalue weighted by Gasteiger charge is -2.33. The Hall–Kier alpha value is -2.53. The summed E-state index contributed by atoms with van der Waals surface area (Å²) in [5, 5.41) is 10.3. The summed E-state index contributed by atoms with van der Waals surface area (Å²) in [4.78, 5) is 15.0. The van der Waals surface area contributed by atoms with E-state index in [4.69, 9.17) is 9.47 Å². The van der Waals surface area contributed by atoms with E-state index in [2.05, 4.69) is 4.98 Å². The maximum absolute atomic E-state index is 12.9. The number of hydroxylamine groups is 2. The van der Waals surface area contributed by atoms with Gasteiger partial charge in [0.25, 0.3) is 0 Å². The maximum atomic E-state index is 12.9. The van der Waals surface area contributed by atoms with Crippen molar-refractivity contribution in [3.05, 3.63) is 59.9 Å². The first-order valence-electron chi connectivity index (χ1n) is 9.97. The average molecular weight is 450 g/mol. The van der Waals surface area contributed by atoms with Gasteiger partial charge in [0.15, 0.2) is 0 Å². The molecular formula is C21H27N3O6S. The SMILES string of the molecule is COc1ccc(COC2CCN(S(=O)(=O)CC(c3cccnc3)N(O)C=O)CC2)cc1. The van der Waals surface area contributed by atoms with Crippen LogP contribution in [-0.4, -0.2) is 66.4 Å². The van der Waals surface area contributed by atoms with Crippen LogP contribution >= 0.6 is 0 Å². The average Bonchev–Trinajstić information content (AvgIpc) is 2.82. The smallest absolute Gasteiger partial charge is 0.233 e. The number of aromatic nitrogens is 1. The van der Waals surface area contributed by atoms with Crippen molar-refractivity contribution < 1.29 is 27.9 Å². The van der Waals surface area contributed by atoms with Crippen LogP contribution in [0.5, 0.6) is 5.75 Å². The molecule has 0 saturated carbocycles. The zero-order chi connectivity index (χ0) is 22.3. The van der Waals surface area contributed by atoms with Gasteiger partial charge in [0.2, 0.25) is 16.4 Å². The summed E-state index contributed by atoms with van der Waals surface area (Å²) >= 11 is 0. The lowest BCUT2D eigenvalue weighted by Crippen LogP contribution is -2.44. The van der Waals surface area contributed by atoms with Gasteiger partial charge in [-0.1, -0.05) is 18.2 Å². The first kappa shape index (κ1) is 23.1. The van der Waals surface area contributed by atoms with Crippen LogP contribution in [-0.2, 0) is 26.2 Å². The van der Waals surface area contributed by atoms with Crippen molar-refractivity contribution in [2.75, 3.05) is 26.0 Å². The van der Waals surface area contributed by atoms with E-state index < -0.39 is 21.8 Å². The number of nitrogens with zero attached hydrogens (tertiary/aromatic N) is 3. The van der Waals surface area contributed by atoms with Gasteiger partial charge in [0.05, 0.1) is 25.6 Å². The zero-order valence-electron chi connectivity index (χ0n) is 17.3. The summed E-state index contributed by atoms with van der Waals surface area (Å²) in [6.45, 7) is 1.09. The summed E-state index contributed by atoms with van der Waals surface area (Å²) < 4.78 is 38.3. The van der Waals surface area contributed by atoms with E-state index >= 15 is 0 Å². The van der Waals surface area contributed by atoms with Crippen LogP contribution in [0, 0.1) is 0 Å². The Labute approximate surface area is 182 Å². The molecule has 1 atom stereocenters. The molecule has 1 amide bonds. The molecule has 31 heavy (non-hydrogen) atoms. The molecule has 1 aliphatic rings. The molecule has 1 N–H and O–H groups in total. The molecule has 168 valence electrons. The number of benzene rings is 1. The fourth-order valence-electron chi connectivity index (χ4n) is 3.49. The Morgan fingerprint density at radius 3 is 2.55 bits per heavy atom. The molecule has 1 fully saturated rings. The Kier molecular flexibility index (Phi) is 7.97. The molecule has 2 heterocycles. The fourth-order valence-corrected chi connectivity index (χ4v) is 5.21. The minimum absolute atomic E-state index is 0.0352. The van der Waals surface area contributed by atoms with Crippen molar-refractivity contribution in [2.24, 2.45) is 0 Å². The number of pyridine rings is 1. The third-order valence-electron chi connectivity index (χ3n) is 5.30. The van der Waals surface area contributed by atoms with Crippen LogP contribution < -0.4 is 4.74 Å². The molecule has 1 aromatic carbocycles. The van der Waals surface area contributed by atoms with Crippen LogP contribution in [0.2, 0.25) is 0 Å². The lowest BCUT2D eigenvalue weighted by molar-refractivity contribution is -0.159. The van der Waals surface area contributed by atoms with Crippen molar-refractivity contribution in [3.8, 4) is 5.75 Å². The van der Waals surface area contributed by atoms with E-state index in [9.17, 15) is 18.4 Å². The first-order valence-corrected chi connectivity index (χ1v) is 11.6. The predicted octanol–water partition coefficient (Wildman–Crippen LogP) is 1.99. The Morgan fingerprint density at radius 1 is 1.26 bits per heavy atom. The fraction of sp³-hybridized carbons (Fsp3) is 0.429. The van der Waals surface area contributed by atoms with Gasteiger partial charge in [-0.15, -0.1) is 0 Å². The molecule has 10 heteroatoms. The molecule has 0 bridgehead atoms. The van der Waals surface area contributed by atoms with Gasteiger partial charge in [-0.05, 0) is 42.2 Å².